The van der Waals surface area contributed by atoms with E-state index in [0.29, 0.717) is 12.3 Å². The molecule has 0 aliphatic heterocycles. The zero-order valence-electron chi connectivity index (χ0n) is 13.5. The van der Waals surface area contributed by atoms with Crippen molar-refractivity contribution in [3.05, 3.63) is 0 Å². The first kappa shape index (κ1) is 18.4. The minimum Gasteiger partial charge on any atom is -0.480 e. The minimum atomic E-state index is -0.801. The lowest BCUT2D eigenvalue weighted by atomic mass is 9.94. The van der Waals surface area contributed by atoms with Crippen molar-refractivity contribution in [2.45, 2.75) is 65.5 Å². The van der Waals surface area contributed by atoms with Crippen LogP contribution in [-0.4, -0.2) is 47.7 Å². The number of nitrogens with one attached hydrogen (secondary N) is 1. The fourth-order valence-corrected chi connectivity index (χ4v) is 2.45. The molecule has 1 unspecified atom stereocenters. The number of carbonyl (C=O) groups is 1. The van der Waals surface area contributed by atoms with E-state index in [1.165, 1.54) is 0 Å². The number of nitrogens with zero attached hydrogens (tertiary/aromatic N) is 1. The molecule has 0 fully saturated rings. The molecule has 0 rings (SSSR count). The summed E-state index contributed by atoms with van der Waals surface area (Å²) in [4.78, 5) is 13.7. The summed E-state index contributed by atoms with van der Waals surface area (Å²) in [6, 6.07) is 0.185. The van der Waals surface area contributed by atoms with E-state index in [4.69, 9.17) is 0 Å². The Kier molecular flexibility index (Phi) is 8.26. The van der Waals surface area contributed by atoms with Crippen molar-refractivity contribution in [3.63, 3.8) is 0 Å². The predicted octanol–water partition coefficient (Wildman–Crippen LogP) is 2.59. The van der Waals surface area contributed by atoms with Gasteiger partial charge in [0.1, 0.15) is 5.54 Å². The van der Waals surface area contributed by atoms with Crippen LogP contribution in [0.15, 0.2) is 0 Å². The number of carboxylic acid groups (broad SMARTS) is 1. The van der Waals surface area contributed by atoms with E-state index >= 15 is 0 Å². The van der Waals surface area contributed by atoms with E-state index in [1.807, 2.05) is 13.8 Å². The lowest BCUT2D eigenvalue weighted by Gasteiger charge is -2.29. The molecule has 0 amide bonds. The Balaban J connectivity index is 4.04. The summed E-state index contributed by atoms with van der Waals surface area (Å²) >= 11 is 0. The maximum absolute atomic E-state index is 11.4. The van der Waals surface area contributed by atoms with E-state index < -0.39 is 11.5 Å². The average Bonchev–Trinajstić information content (AvgIpc) is 2.22. The van der Waals surface area contributed by atoms with E-state index in [1.54, 1.807) is 6.92 Å². The molecule has 0 saturated carbocycles. The van der Waals surface area contributed by atoms with Gasteiger partial charge in [-0.25, -0.2) is 0 Å². The Hall–Kier alpha value is -0.610. The zero-order valence-corrected chi connectivity index (χ0v) is 13.5. The minimum absolute atomic E-state index is 0.185. The van der Waals surface area contributed by atoms with Crippen molar-refractivity contribution in [1.82, 2.24) is 10.2 Å². The first-order valence-corrected chi connectivity index (χ1v) is 7.37. The van der Waals surface area contributed by atoms with Crippen molar-refractivity contribution in [3.8, 4) is 0 Å². The molecule has 4 heteroatoms. The Morgan fingerprint density at radius 2 is 1.84 bits per heavy atom. The number of hydrogen-bond acceptors (Lipinski definition) is 3. The van der Waals surface area contributed by atoms with Crippen molar-refractivity contribution >= 4 is 5.97 Å². The third-order valence-electron chi connectivity index (χ3n) is 3.22. The number of unbranched alkanes of at least 4 members (excludes halogenated alkanes) is 1. The van der Waals surface area contributed by atoms with E-state index in [0.717, 1.165) is 25.9 Å². The maximum Gasteiger partial charge on any atom is 0.323 e. The summed E-state index contributed by atoms with van der Waals surface area (Å²) in [5, 5.41) is 12.5. The molecule has 2 N–H and O–H groups in total. The molecular formula is C15H32N2O2. The van der Waals surface area contributed by atoms with Crippen molar-refractivity contribution in [1.29, 1.82) is 0 Å². The Morgan fingerprint density at radius 3 is 2.26 bits per heavy atom. The molecule has 0 saturated heterocycles. The quantitative estimate of drug-likeness (QED) is 0.600. The first-order chi connectivity index (χ1) is 8.67. The van der Waals surface area contributed by atoms with E-state index in [9.17, 15) is 9.90 Å². The monoisotopic (exact) mass is 272 g/mol. The van der Waals surface area contributed by atoms with Gasteiger partial charge in [0.05, 0.1) is 0 Å². The van der Waals surface area contributed by atoms with Crippen LogP contribution in [-0.2, 0) is 4.79 Å². The number of carboxylic acids is 1. The number of hydrogen-bond donors (Lipinski definition) is 2. The van der Waals surface area contributed by atoms with Gasteiger partial charge in [0, 0.05) is 12.6 Å². The molecule has 1 atom stereocenters. The largest absolute Gasteiger partial charge is 0.480 e. The molecule has 0 radical (unpaired) electrons. The van der Waals surface area contributed by atoms with Gasteiger partial charge >= 0.3 is 5.97 Å². The normalized spacial score (nSPS) is 15.2. The highest BCUT2D eigenvalue weighted by atomic mass is 16.4. The van der Waals surface area contributed by atoms with Crippen LogP contribution < -0.4 is 5.32 Å². The van der Waals surface area contributed by atoms with Gasteiger partial charge < -0.3 is 10.0 Å². The topological polar surface area (TPSA) is 52.6 Å². The highest BCUT2D eigenvalue weighted by molar-refractivity contribution is 5.78. The SMILES string of the molecule is CC(C)CN(C)CCCCC(C)(NC(C)C)C(=O)O. The van der Waals surface area contributed by atoms with Crippen LogP contribution in [0, 0.1) is 5.92 Å². The smallest absolute Gasteiger partial charge is 0.323 e. The van der Waals surface area contributed by atoms with Crippen LogP contribution in [0.1, 0.15) is 53.9 Å². The van der Waals surface area contributed by atoms with Crippen LogP contribution in [0.4, 0.5) is 0 Å². The molecule has 0 aromatic carbocycles. The second kappa shape index (κ2) is 8.54. The third-order valence-corrected chi connectivity index (χ3v) is 3.22. The maximum atomic E-state index is 11.4. The standard InChI is InChI=1S/C15H32N2O2/c1-12(2)11-17(6)10-8-7-9-15(5,14(18)19)16-13(3)4/h12-13,16H,7-11H2,1-6H3,(H,18,19). The highest BCUT2D eigenvalue weighted by Crippen LogP contribution is 2.15. The van der Waals surface area contributed by atoms with Gasteiger partial charge in [-0.05, 0) is 59.5 Å². The number of rotatable bonds is 10. The second-order valence-electron chi connectivity index (χ2n) is 6.55. The van der Waals surface area contributed by atoms with Crippen LogP contribution in [0.3, 0.4) is 0 Å². The summed E-state index contributed by atoms with van der Waals surface area (Å²) in [6.45, 7) is 12.3. The molecule has 0 aliphatic carbocycles. The van der Waals surface area contributed by atoms with Crippen LogP contribution >= 0.6 is 0 Å². The molecular weight excluding hydrogens is 240 g/mol. The van der Waals surface area contributed by atoms with Gasteiger partial charge in [-0.15, -0.1) is 0 Å². The van der Waals surface area contributed by atoms with Crippen LogP contribution in [0.25, 0.3) is 0 Å². The molecule has 0 spiro atoms. The van der Waals surface area contributed by atoms with Gasteiger partial charge in [0.15, 0.2) is 0 Å². The third kappa shape index (κ3) is 8.22. The van der Waals surface area contributed by atoms with E-state index in [2.05, 4.69) is 31.1 Å². The predicted molar refractivity (Wildman–Crippen MR) is 80.5 cm³/mol. The molecule has 0 aromatic heterocycles. The van der Waals surface area contributed by atoms with Crippen molar-refractivity contribution in [2.24, 2.45) is 5.92 Å². The summed E-state index contributed by atoms with van der Waals surface area (Å²) in [5.74, 6) is -0.0753. The van der Waals surface area contributed by atoms with Crippen molar-refractivity contribution in [2.75, 3.05) is 20.1 Å². The molecule has 114 valence electrons. The molecule has 19 heavy (non-hydrogen) atoms. The number of aliphatic carboxylic acids is 1. The van der Waals surface area contributed by atoms with Crippen molar-refractivity contribution < 1.29 is 9.90 Å². The summed E-state index contributed by atoms with van der Waals surface area (Å²) in [5.41, 5.74) is -0.801. The summed E-state index contributed by atoms with van der Waals surface area (Å²) < 4.78 is 0. The molecule has 0 heterocycles. The molecule has 0 aromatic rings. The molecule has 0 bridgehead atoms. The molecule has 0 aliphatic rings. The fourth-order valence-electron chi connectivity index (χ4n) is 2.45. The first-order valence-electron chi connectivity index (χ1n) is 7.37. The van der Waals surface area contributed by atoms with E-state index in [-0.39, 0.29) is 6.04 Å². The van der Waals surface area contributed by atoms with Crippen LogP contribution in [0.2, 0.25) is 0 Å². The van der Waals surface area contributed by atoms with Gasteiger partial charge in [0.2, 0.25) is 0 Å². The summed E-state index contributed by atoms with van der Waals surface area (Å²) in [7, 11) is 2.13. The van der Waals surface area contributed by atoms with Gasteiger partial charge in [0.25, 0.3) is 0 Å². The Bertz CT molecular complexity index is 267. The lowest BCUT2D eigenvalue weighted by molar-refractivity contribution is -0.144. The zero-order chi connectivity index (χ0) is 15.1. The molecule has 4 nitrogen and oxygen atoms in total. The lowest BCUT2D eigenvalue weighted by Crippen LogP contribution is -2.52. The van der Waals surface area contributed by atoms with Crippen LogP contribution in [0.5, 0.6) is 0 Å². The Morgan fingerprint density at radius 1 is 1.26 bits per heavy atom. The van der Waals surface area contributed by atoms with Gasteiger partial charge in [-0.3, -0.25) is 10.1 Å². The second-order valence-corrected chi connectivity index (χ2v) is 6.55. The highest BCUT2D eigenvalue weighted by Gasteiger charge is 2.32. The Labute approximate surface area is 118 Å². The summed E-state index contributed by atoms with van der Waals surface area (Å²) in [6.07, 6.45) is 2.66. The van der Waals surface area contributed by atoms with Gasteiger partial charge in [-0.2, -0.15) is 0 Å². The fraction of sp³-hybridized carbons (Fsp3) is 0.933. The average molecular weight is 272 g/mol. The van der Waals surface area contributed by atoms with Gasteiger partial charge in [-0.1, -0.05) is 13.8 Å².